The molecule has 0 saturated carbocycles. The number of benzene rings is 2. The molecule has 146 valence electrons. The highest BCUT2D eigenvalue weighted by molar-refractivity contribution is 6.10. The van der Waals surface area contributed by atoms with Crippen LogP contribution in [0.15, 0.2) is 36.4 Å². The van der Waals surface area contributed by atoms with Crippen molar-refractivity contribution in [1.82, 2.24) is 10.2 Å². The number of hydrogen-bond donors (Lipinski definition) is 2. The van der Waals surface area contributed by atoms with E-state index in [2.05, 4.69) is 10.6 Å². The first-order valence-corrected chi connectivity index (χ1v) is 8.58. The first kappa shape index (κ1) is 19.5. The van der Waals surface area contributed by atoms with Gasteiger partial charge in [-0.15, -0.1) is 0 Å². The molecule has 28 heavy (non-hydrogen) atoms. The van der Waals surface area contributed by atoms with Crippen molar-refractivity contribution >= 4 is 23.5 Å². The standard InChI is InChI=1S/C20H19F2N3O3/c1-11-4-5-12(2)16(8-11)23-17(26)10-25-18(27)20(3,24-19(25)28)14-9-13(21)6-7-15(14)22/h4-9H,10H2,1-3H3,(H,23,26)(H,24,28)/t20-/m0/s1. The minimum absolute atomic E-state index is 0.303. The van der Waals surface area contributed by atoms with Gasteiger partial charge in [0.2, 0.25) is 5.91 Å². The average Bonchev–Trinajstić information content (AvgIpc) is 2.84. The highest BCUT2D eigenvalue weighted by Crippen LogP contribution is 2.31. The maximum absolute atomic E-state index is 14.2. The third-order valence-corrected chi connectivity index (χ3v) is 4.71. The smallest absolute Gasteiger partial charge is 0.324 e. The van der Waals surface area contributed by atoms with Crippen LogP contribution in [0, 0.1) is 25.5 Å². The molecule has 0 unspecified atom stereocenters. The lowest BCUT2D eigenvalue weighted by molar-refractivity contribution is -0.133. The molecule has 0 radical (unpaired) electrons. The fraction of sp³-hybridized carbons (Fsp3) is 0.250. The van der Waals surface area contributed by atoms with Gasteiger partial charge in [0.1, 0.15) is 23.7 Å². The zero-order chi connectivity index (χ0) is 20.6. The summed E-state index contributed by atoms with van der Waals surface area (Å²) in [5.74, 6) is -3.00. The molecule has 0 spiro atoms. The Hall–Kier alpha value is -3.29. The zero-order valence-electron chi connectivity index (χ0n) is 15.6. The fourth-order valence-corrected chi connectivity index (χ4v) is 3.11. The Kier molecular flexibility index (Phi) is 4.89. The second kappa shape index (κ2) is 7.03. The van der Waals surface area contributed by atoms with E-state index in [9.17, 15) is 23.2 Å². The van der Waals surface area contributed by atoms with Gasteiger partial charge in [-0.05, 0) is 56.2 Å². The molecule has 1 aliphatic heterocycles. The van der Waals surface area contributed by atoms with Crippen molar-refractivity contribution in [2.24, 2.45) is 0 Å². The maximum atomic E-state index is 14.2. The number of carbonyl (C=O) groups excluding carboxylic acids is 3. The third kappa shape index (κ3) is 3.45. The van der Waals surface area contributed by atoms with E-state index >= 15 is 0 Å². The molecule has 0 bridgehead atoms. The monoisotopic (exact) mass is 387 g/mol. The van der Waals surface area contributed by atoms with Crippen molar-refractivity contribution < 1.29 is 23.2 Å². The van der Waals surface area contributed by atoms with E-state index in [4.69, 9.17) is 0 Å². The van der Waals surface area contributed by atoms with Gasteiger partial charge in [0.15, 0.2) is 0 Å². The van der Waals surface area contributed by atoms with Crippen LogP contribution in [0.25, 0.3) is 0 Å². The molecule has 1 aliphatic rings. The summed E-state index contributed by atoms with van der Waals surface area (Å²) >= 11 is 0. The van der Waals surface area contributed by atoms with E-state index in [0.717, 1.165) is 29.3 Å². The van der Waals surface area contributed by atoms with Crippen LogP contribution in [0.3, 0.4) is 0 Å². The number of carbonyl (C=O) groups is 3. The molecule has 6 nitrogen and oxygen atoms in total. The van der Waals surface area contributed by atoms with E-state index in [1.165, 1.54) is 6.92 Å². The van der Waals surface area contributed by atoms with Gasteiger partial charge in [-0.2, -0.15) is 0 Å². The van der Waals surface area contributed by atoms with Crippen molar-refractivity contribution in [2.75, 3.05) is 11.9 Å². The van der Waals surface area contributed by atoms with Gasteiger partial charge in [-0.1, -0.05) is 12.1 Å². The van der Waals surface area contributed by atoms with Crippen molar-refractivity contribution in [3.63, 3.8) is 0 Å². The molecule has 1 heterocycles. The first-order chi connectivity index (χ1) is 13.1. The van der Waals surface area contributed by atoms with Crippen LogP contribution in [0.5, 0.6) is 0 Å². The lowest BCUT2D eigenvalue weighted by Gasteiger charge is -2.22. The van der Waals surface area contributed by atoms with Crippen LogP contribution >= 0.6 is 0 Å². The van der Waals surface area contributed by atoms with Crippen molar-refractivity contribution in [1.29, 1.82) is 0 Å². The Morgan fingerprint density at radius 2 is 1.86 bits per heavy atom. The number of halogens is 2. The summed E-state index contributed by atoms with van der Waals surface area (Å²) < 4.78 is 27.7. The summed E-state index contributed by atoms with van der Waals surface area (Å²) in [6, 6.07) is 7.29. The molecular formula is C20H19F2N3O3. The summed E-state index contributed by atoms with van der Waals surface area (Å²) in [6.07, 6.45) is 0. The third-order valence-electron chi connectivity index (χ3n) is 4.71. The molecule has 0 aliphatic carbocycles. The predicted octanol–water partition coefficient (Wildman–Crippen LogP) is 2.99. The minimum Gasteiger partial charge on any atom is -0.324 e. The Bertz CT molecular complexity index is 993. The summed E-state index contributed by atoms with van der Waals surface area (Å²) in [4.78, 5) is 38.1. The second-order valence-electron chi connectivity index (χ2n) is 6.94. The molecule has 1 atom stereocenters. The first-order valence-electron chi connectivity index (χ1n) is 8.58. The number of nitrogens with zero attached hydrogens (tertiary/aromatic N) is 1. The lowest BCUT2D eigenvalue weighted by atomic mass is 9.91. The number of hydrogen-bond acceptors (Lipinski definition) is 3. The number of rotatable bonds is 4. The van der Waals surface area contributed by atoms with E-state index in [0.29, 0.717) is 10.6 Å². The van der Waals surface area contributed by atoms with Crippen molar-refractivity contribution in [2.45, 2.75) is 26.3 Å². The number of amides is 4. The van der Waals surface area contributed by atoms with Crippen LogP contribution in [-0.4, -0.2) is 29.3 Å². The molecule has 4 amide bonds. The van der Waals surface area contributed by atoms with E-state index in [-0.39, 0.29) is 5.56 Å². The van der Waals surface area contributed by atoms with Crippen LogP contribution in [0.1, 0.15) is 23.6 Å². The molecule has 0 aromatic heterocycles. The Labute approximate surface area is 160 Å². The fourth-order valence-electron chi connectivity index (χ4n) is 3.11. The van der Waals surface area contributed by atoms with Crippen LogP contribution in [0.2, 0.25) is 0 Å². The molecule has 2 N–H and O–H groups in total. The maximum Gasteiger partial charge on any atom is 0.325 e. The molecule has 1 fully saturated rings. The number of anilines is 1. The van der Waals surface area contributed by atoms with Gasteiger partial charge >= 0.3 is 6.03 Å². The van der Waals surface area contributed by atoms with Crippen LogP contribution in [0.4, 0.5) is 19.3 Å². The largest absolute Gasteiger partial charge is 0.325 e. The number of nitrogens with one attached hydrogen (secondary N) is 2. The topological polar surface area (TPSA) is 78.5 Å². The average molecular weight is 387 g/mol. The summed E-state index contributed by atoms with van der Waals surface area (Å²) in [6.45, 7) is 4.40. The normalized spacial score (nSPS) is 19.0. The van der Waals surface area contributed by atoms with Gasteiger partial charge in [0.25, 0.3) is 5.91 Å². The SMILES string of the molecule is Cc1ccc(C)c(NC(=O)CN2C(=O)N[C@@](C)(c3cc(F)ccc3F)C2=O)c1. The molecule has 2 aromatic carbocycles. The number of imide groups is 1. The van der Waals surface area contributed by atoms with Gasteiger partial charge in [0, 0.05) is 11.3 Å². The molecule has 3 rings (SSSR count). The highest BCUT2D eigenvalue weighted by atomic mass is 19.1. The number of urea groups is 1. The number of aryl methyl sites for hydroxylation is 2. The minimum atomic E-state index is -1.80. The molecular weight excluding hydrogens is 368 g/mol. The van der Waals surface area contributed by atoms with Gasteiger partial charge < -0.3 is 10.6 Å². The molecule has 1 saturated heterocycles. The zero-order valence-corrected chi connectivity index (χ0v) is 15.6. The highest BCUT2D eigenvalue weighted by Gasteiger charge is 2.50. The lowest BCUT2D eigenvalue weighted by Crippen LogP contribution is -2.42. The quantitative estimate of drug-likeness (QED) is 0.792. The van der Waals surface area contributed by atoms with E-state index in [1.807, 2.05) is 26.0 Å². The summed E-state index contributed by atoms with van der Waals surface area (Å²) in [7, 11) is 0. The second-order valence-corrected chi connectivity index (χ2v) is 6.94. The Morgan fingerprint density at radius 3 is 2.57 bits per heavy atom. The summed E-state index contributed by atoms with van der Waals surface area (Å²) in [5.41, 5.74) is 0.218. The molecule has 8 heteroatoms. The predicted molar refractivity (Wildman–Crippen MR) is 98.5 cm³/mol. The Balaban J connectivity index is 1.81. The van der Waals surface area contributed by atoms with Gasteiger partial charge in [0.05, 0.1) is 0 Å². The van der Waals surface area contributed by atoms with Gasteiger partial charge in [-0.3, -0.25) is 14.5 Å². The van der Waals surface area contributed by atoms with Crippen LogP contribution in [-0.2, 0) is 15.1 Å². The van der Waals surface area contributed by atoms with E-state index < -0.39 is 41.6 Å². The van der Waals surface area contributed by atoms with Crippen LogP contribution < -0.4 is 10.6 Å². The van der Waals surface area contributed by atoms with Gasteiger partial charge in [-0.25, -0.2) is 13.6 Å². The molecule has 2 aromatic rings. The van der Waals surface area contributed by atoms with E-state index in [1.54, 1.807) is 6.07 Å². The summed E-state index contributed by atoms with van der Waals surface area (Å²) in [5, 5.41) is 5.01. The van der Waals surface area contributed by atoms with Crippen molar-refractivity contribution in [3.8, 4) is 0 Å². The Morgan fingerprint density at radius 1 is 1.14 bits per heavy atom. The van der Waals surface area contributed by atoms with Crippen molar-refractivity contribution in [3.05, 3.63) is 64.7 Å².